The summed E-state index contributed by atoms with van der Waals surface area (Å²) in [4.78, 5) is 0. The van der Waals surface area contributed by atoms with E-state index in [1.807, 2.05) is 0 Å². The first kappa shape index (κ1) is 92.7. The Morgan fingerprint density at radius 2 is 0.185 bits per heavy atom. The smallest absolute Gasteiger partial charge is 0.111 e. The van der Waals surface area contributed by atoms with Crippen LogP contribution in [0.25, 0.3) is 0 Å². The van der Waals surface area contributed by atoms with Crippen molar-refractivity contribution in [3.8, 4) is 0 Å². The third kappa shape index (κ3) is 43.0. The Morgan fingerprint density at radius 1 is 0.138 bits per heavy atom. The average Bonchev–Trinajstić information content (AvgIpc) is 3.28. The minimum Gasteiger partial charge on any atom is -0.394 e. The predicted molar refractivity (Wildman–Crippen MR) is 191 cm³/mol. The minimum absolute atomic E-state index is 0. The van der Waals surface area contributed by atoms with E-state index in [-0.39, 0.29) is 189 Å². The number of aliphatic hydroxyl groups excluding tert-OH is 30. The molecule has 0 rings (SSSR count). The van der Waals surface area contributed by atoms with Gasteiger partial charge in [-0.25, -0.2) is 0 Å². The van der Waals surface area contributed by atoms with Gasteiger partial charge >= 0.3 is 0 Å². The molecule has 0 bridgehead atoms. The largest absolute Gasteiger partial charge is 0.394 e. The Morgan fingerprint density at radius 3 is 0.215 bits per heavy atom. The van der Waals surface area contributed by atoms with E-state index in [0.29, 0.717) is 0 Å². The van der Waals surface area contributed by atoms with Gasteiger partial charge in [-0.3, -0.25) is 0 Å². The van der Waals surface area contributed by atoms with Crippen molar-refractivity contribution in [1.29, 1.82) is 0 Å². The Hall–Kier alpha value is 5.10. The van der Waals surface area contributed by atoms with Crippen LogP contribution in [0.1, 0.15) is 0 Å². The van der Waals surface area contributed by atoms with Crippen LogP contribution >= 0.6 is 0 Å². The Labute approximate surface area is 522 Å². The molecule has 30 N–H and O–H groups in total. The minimum atomic E-state index is -1.67. The summed E-state index contributed by atoms with van der Waals surface area (Å²) in [6.07, 6.45) is -32.0. The molecule has 0 radical (unpaired) electrons. The molecular weight excluding hydrogens is 1040 g/mol. The van der Waals surface area contributed by atoms with Crippen LogP contribution in [0.4, 0.5) is 0 Å². The summed E-state index contributed by atoms with van der Waals surface area (Å²) in [5, 5.41) is 261. The number of hydrogen-bond donors (Lipinski definition) is 30. The molecule has 0 spiro atoms. The van der Waals surface area contributed by atoms with Gasteiger partial charge in [-0.15, -0.1) is 0 Å². The van der Waals surface area contributed by atoms with Gasteiger partial charge in [-0.05, 0) is 0 Å². The zero-order valence-corrected chi connectivity index (χ0v) is 37.3. The van der Waals surface area contributed by atoms with Gasteiger partial charge in [0.1, 0.15) is 122 Å². The zero-order chi connectivity index (χ0) is 48.6. The second-order valence-electron chi connectivity index (χ2n) is 12.4. The predicted octanol–water partition coefficient (Wildman–Crippen LogP) is -17.9. The van der Waals surface area contributed by atoms with Crippen LogP contribution in [0.15, 0.2) is 0 Å². The summed E-state index contributed by atoms with van der Waals surface area (Å²) in [5.74, 6) is 0. The molecule has 20 atom stereocenters. The SMILES string of the molecule is OC[C@@H](O)[C@@H](O)[C@H](O)[C@H](O)CO.OC[C@@H](O)[C@@H](O)[C@H](O)[C@H](O)CO.OC[C@@H](O)[C@@H](O)[C@H](O)[C@H](O)CO.OC[C@@H](O)[C@@H](O)[C@H](O)[C@H](O)CO.OC[C@@H](O)[C@@H](O)[C@H](O)[C@H](O)CO.[Ar].[Ar].[Ar].[Ar].[Ar]. The van der Waals surface area contributed by atoms with Crippen molar-refractivity contribution in [2.45, 2.75) is 122 Å². The molecule has 0 aromatic carbocycles. The maximum absolute atomic E-state index is 8.96. The Bertz CT molecular complexity index is 711. The van der Waals surface area contributed by atoms with Crippen LogP contribution in [-0.4, -0.2) is 341 Å². The van der Waals surface area contributed by atoms with Crippen LogP contribution in [0.3, 0.4) is 0 Å². The average molecular weight is 1110 g/mol. The molecule has 30 nitrogen and oxygen atoms in total. The maximum Gasteiger partial charge on any atom is 0.111 e. The fourth-order valence-electron chi connectivity index (χ4n) is 3.36. The molecule has 65 heavy (non-hydrogen) atoms. The molecule has 0 unspecified atom stereocenters. The molecule has 0 aliphatic carbocycles. The summed E-state index contributed by atoms with van der Waals surface area (Å²) >= 11 is 0. The van der Waals surface area contributed by atoms with E-state index in [9.17, 15) is 0 Å². The van der Waals surface area contributed by atoms with Gasteiger partial charge in [-0.1, -0.05) is 0 Å². The van der Waals surface area contributed by atoms with Crippen molar-refractivity contribution in [3.05, 3.63) is 0 Å². The molecule has 0 aromatic rings. The van der Waals surface area contributed by atoms with Gasteiger partial charge in [0.05, 0.1) is 66.1 Å². The van der Waals surface area contributed by atoms with Crippen LogP contribution in [-0.2, 0) is 0 Å². The van der Waals surface area contributed by atoms with Gasteiger partial charge in [0.2, 0.25) is 0 Å². The van der Waals surface area contributed by atoms with E-state index in [0.717, 1.165) is 0 Å². The van der Waals surface area contributed by atoms with Crippen molar-refractivity contribution in [1.82, 2.24) is 0 Å². The molecule has 0 saturated heterocycles. The fraction of sp³-hybridized carbons (Fsp3) is 1.00. The van der Waals surface area contributed by atoms with Crippen LogP contribution < -0.4 is 0 Å². The van der Waals surface area contributed by atoms with Crippen LogP contribution in [0.5, 0.6) is 0 Å². The molecule has 0 amide bonds. The van der Waals surface area contributed by atoms with Crippen molar-refractivity contribution in [3.63, 3.8) is 0 Å². The second-order valence-corrected chi connectivity index (χ2v) is 12.4. The molecule has 0 fully saturated rings. The topological polar surface area (TPSA) is 607 Å². The van der Waals surface area contributed by atoms with E-state index in [2.05, 4.69) is 0 Å². The molecule has 0 saturated carbocycles. The molecule has 0 aliphatic heterocycles. The first-order chi connectivity index (χ1) is 27.7. The fourth-order valence-corrected chi connectivity index (χ4v) is 3.36. The quantitative estimate of drug-likeness (QED) is 0.0404. The summed E-state index contributed by atoms with van der Waals surface area (Å²) in [5.41, 5.74) is 0. The van der Waals surface area contributed by atoms with E-state index >= 15 is 0 Å². The molecule has 0 heterocycles. The number of rotatable bonds is 25. The molecular formula is C30H70Ar5O30. The third-order valence-corrected chi connectivity index (χ3v) is 7.56. The van der Waals surface area contributed by atoms with Crippen LogP contribution in [0.2, 0.25) is 0 Å². The van der Waals surface area contributed by atoms with Crippen molar-refractivity contribution in [2.24, 2.45) is 0 Å². The molecule has 410 valence electrons. The van der Waals surface area contributed by atoms with Gasteiger partial charge in [0, 0.05) is 189 Å². The van der Waals surface area contributed by atoms with Gasteiger partial charge in [-0.2, -0.15) is 0 Å². The summed E-state index contributed by atoms with van der Waals surface area (Å²) in [6.45, 7) is -7.26. The summed E-state index contributed by atoms with van der Waals surface area (Å²) in [7, 11) is 0. The number of aliphatic hydroxyl groups is 30. The summed E-state index contributed by atoms with van der Waals surface area (Å²) < 4.78 is 0. The normalized spacial score (nSPS) is 19.8. The third-order valence-electron chi connectivity index (χ3n) is 7.56. The standard InChI is InChI=1S/5C6H14O6.5Ar/c5*7-1-3(9)5(11)6(12)4(10)2-8;;;;;/h5*3-12H,1-2H2;;;;;/t5*3-,4-,5-,6-;;;;;/m11111...../s1. The van der Waals surface area contributed by atoms with Crippen molar-refractivity contribution < 1.29 is 342 Å². The van der Waals surface area contributed by atoms with E-state index in [1.165, 1.54) is 0 Å². The summed E-state index contributed by atoms with van der Waals surface area (Å²) in [6, 6.07) is 0. The van der Waals surface area contributed by atoms with E-state index in [1.54, 1.807) is 0 Å². The monoisotopic (exact) mass is 1110 g/mol. The van der Waals surface area contributed by atoms with Crippen molar-refractivity contribution >= 4 is 0 Å². The van der Waals surface area contributed by atoms with Gasteiger partial charge in [0.25, 0.3) is 0 Å². The van der Waals surface area contributed by atoms with Gasteiger partial charge in [0.15, 0.2) is 0 Å². The van der Waals surface area contributed by atoms with Gasteiger partial charge < -0.3 is 153 Å². The first-order valence-electron chi connectivity index (χ1n) is 17.4. The molecule has 0 aromatic heterocycles. The second kappa shape index (κ2) is 56.8. The molecule has 35 heteroatoms. The van der Waals surface area contributed by atoms with Crippen LogP contribution in [0, 0.1) is 189 Å². The zero-order valence-electron chi connectivity index (χ0n) is 33.8. The van der Waals surface area contributed by atoms with E-state index in [4.69, 9.17) is 153 Å². The molecule has 0 aliphatic rings. The van der Waals surface area contributed by atoms with E-state index < -0.39 is 188 Å². The maximum atomic E-state index is 8.96. The first-order valence-corrected chi connectivity index (χ1v) is 17.4. The Balaban J connectivity index is -0.0000000713. The van der Waals surface area contributed by atoms with Crippen molar-refractivity contribution in [2.75, 3.05) is 66.1 Å². The Kier molecular flexibility index (Phi) is 81.0. The number of hydrogen-bond acceptors (Lipinski definition) is 30.